The number of hydrogen-bond donors (Lipinski definition) is 1. The largest absolute Gasteiger partial charge is 0.416 e. The van der Waals surface area contributed by atoms with Gasteiger partial charge in [0.1, 0.15) is 0 Å². The van der Waals surface area contributed by atoms with Crippen LogP contribution in [0.2, 0.25) is 10.0 Å². The summed E-state index contributed by atoms with van der Waals surface area (Å²) >= 11 is 12.8. The summed E-state index contributed by atoms with van der Waals surface area (Å²) in [6.07, 6.45) is -4.42. The predicted octanol–water partition coefficient (Wildman–Crippen LogP) is 7.73. The minimum atomic E-state index is -4.42. The Morgan fingerprint density at radius 3 is 2.23 bits per heavy atom. The highest BCUT2D eigenvalue weighted by atomic mass is 35.5. The fourth-order valence-corrected chi connectivity index (χ4v) is 4.95. The summed E-state index contributed by atoms with van der Waals surface area (Å²) in [6, 6.07) is 22.3. The summed E-state index contributed by atoms with van der Waals surface area (Å²) in [5.41, 5.74) is 8.68. The van der Waals surface area contributed by atoms with E-state index in [0.29, 0.717) is 54.1 Å². The number of carbonyl (C=O) groups is 1. The predicted molar refractivity (Wildman–Crippen MR) is 133 cm³/mol. The van der Waals surface area contributed by atoms with Crippen molar-refractivity contribution in [1.82, 2.24) is 4.57 Å². The second-order valence-electron chi connectivity index (χ2n) is 8.09. The molecular formula is C27H16Cl2F3N2O. The van der Waals surface area contributed by atoms with Gasteiger partial charge in [0.25, 0.3) is 0 Å². The number of benzene rings is 4. The molecule has 0 bridgehead atoms. The molecule has 0 saturated carbocycles. The summed E-state index contributed by atoms with van der Waals surface area (Å²) in [6.45, 7) is 0.258. The molecule has 5 aromatic rings. The lowest BCUT2D eigenvalue weighted by molar-refractivity contribution is -0.137. The minimum absolute atomic E-state index is 0.258. The van der Waals surface area contributed by atoms with Gasteiger partial charge in [-0.1, -0.05) is 47.5 Å². The number of fused-ring (bicyclic) bond motifs is 3. The summed E-state index contributed by atoms with van der Waals surface area (Å²) < 4.78 is 41.0. The fourth-order valence-electron chi connectivity index (χ4n) is 4.33. The third-order valence-electron chi connectivity index (χ3n) is 5.93. The van der Waals surface area contributed by atoms with E-state index in [4.69, 9.17) is 28.9 Å². The van der Waals surface area contributed by atoms with Crippen molar-refractivity contribution >= 4 is 50.9 Å². The average Bonchev–Trinajstić information content (AvgIpc) is 3.12. The number of nitrogens with zero attached hydrogens (tertiary/aromatic N) is 1. The molecule has 0 spiro atoms. The van der Waals surface area contributed by atoms with Crippen molar-refractivity contribution in [2.75, 3.05) is 0 Å². The number of aromatic nitrogens is 1. The van der Waals surface area contributed by atoms with Crippen LogP contribution < -0.4 is 5.73 Å². The Morgan fingerprint density at radius 2 is 1.60 bits per heavy atom. The van der Waals surface area contributed by atoms with Gasteiger partial charge in [0.2, 0.25) is 5.91 Å². The summed E-state index contributed by atoms with van der Waals surface area (Å²) in [7, 11) is 0. The quantitative estimate of drug-likeness (QED) is 0.263. The number of alkyl halides is 3. The molecule has 0 atom stereocenters. The van der Waals surface area contributed by atoms with Crippen LogP contribution in [0.4, 0.5) is 13.2 Å². The van der Waals surface area contributed by atoms with E-state index in [0.717, 1.165) is 12.1 Å². The summed E-state index contributed by atoms with van der Waals surface area (Å²) in [5, 5.41) is 2.22. The number of hydrogen-bond acceptors (Lipinski definition) is 1. The van der Waals surface area contributed by atoms with Crippen molar-refractivity contribution in [3.05, 3.63) is 106 Å². The van der Waals surface area contributed by atoms with E-state index in [1.165, 1.54) is 12.1 Å². The highest BCUT2D eigenvalue weighted by molar-refractivity contribution is 6.39. The maximum atomic E-state index is 13.0. The third kappa shape index (κ3) is 4.13. The van der Waals surface area contributed by atoms with Crippen molar-refractivity contribution < 1.29 is 18.0 Å². The number of nitrogens with two attached hydrogens (primary N) is 1. The molecule has 175 valence electrons. The Hall–Kier alpha value is -3.48. The molecule has 8 heteroatoms. The number of carbonyl (C=O) groups excluding carboxylic acids is 1. The molecule has 3 nitrogen and oxygen atoms in total. The highest BCUT2D eigenvalue weighted by Crippen LogP contribution is 2.39. The molecule has 0 aliphatic rings. The molecule has 4 aromatic carbocycles. The molecule has 1 radical (unpaired) electrons. The molecule has 1 heterocycles. The van der Waals surface area contributed by atoms with Gasteiger partial charge in [-0.2, -0.15) is 13.2 Å². The van der Waals surface area contributed by atoms with Gasteiger partial charge < -0.3 is 10.3 Å². The van der Waals surface area contributed by atoms with Gasteiger partial charge in [-0.25, -0.2) is 0 Å². The van der Waals surface area contributed by atoms with E-state index in [1.54, 1.807) is 36.4 Å². The van der Waals surface area contributed by atoms with Crippen molar-refractivity contribution in [2.45, 2.75) is 12.7 Å². The normalized spacial score (nSPS) is 11.9. The van der Waals surface area contributed by atoms with Crippen molar-refractivity contribution in [1.29, 1.82) is 0 Å². The smallest absolute Gasteiger partial charge is 0.366 e. The molecule has 0 fully saturated rings. The number of halogens is 5. The van der Waals surface area contributed by atoms with Crippen molar-refractivity contribution in [3.63, 3.8) is 0 Å². The molecule has 2 N–H and O–H groups in total. The summed E-state index contributed by atoms with van der Waals surface area (Å²) in [5.74, 6) is -0.587. The standard InChI is InChI=1S/C27H16Cl2F3N2O/c28-20-4-2-5-21(29)24(20)16-9-12-18-23(13-16)34(22-6-1-3-19(25(18)22)26(33)35)14-15-7-10-17(11-8-15)27(30,31)32/h1-11,13H,14H2,(H2,33,35). The number of rotatable bonds is 4. The fraction of sp³-hybridized carbons (Fsp3) is 0.0741. The first-order valence-corrected chi connectivity index (χ1v) is 11.3. The van der Waals surface area contributed by atoms with Crippen LogP contribution >= 0.6 is 23.2 Å². The number of amides is 1. The van der Waals surface area contributed by atoms with Gasteiger partial charge in [0.05, 0.1) is 16.6 Å². The molecule has 1 aromatic heterocycles. The Kier molecular flexibility index (Phi) is 5.74. The van der Waals surface area contributed by atoms with Gasteiger partial charge in [-0.3, -0.25) is 4.79 Å². The zero-order chi connectivity index (χ0) is 24.9. The molecule has 5 rings (SSSR count). The van der Waals surface area contributed by atoms with Crippen LogP contribution in [-0.4, -0.2) is 10.5 Å². The van der Waals surface area contributed by atoms with E-state index in [1.807, 2.05) is 16.7 Å². The molecule has 1 amide bonds. The monoisotopic (exact) mass is 511 g/mol. The van der Waals surface area contributed by atoms with Crippen LogP contribution in [-0.2, 0) is 12.7 Å². The second kappa shape index (κ2) is 8.63. The van der Waals surface area contributed by atoms with E-state index in [-0.39, 0.29) is 6.54 Å². The van der Waals surface area contributed by atoms with E-state index >= 15 is 0 Å². The zero-order valence-electron chi connectivity index (χ0n) is 18.0. The Bertz CT molecular complexity index is 1590. The van der Waals surface area contributed by atoms with Gasteiger partial charge in [-0.05, 0) is 65.7 Å². The first kappa shape index (κ1) is 23.3. The van der Waals surface area contributed by atoms with Gasteiger partial charge in [-0.15, -0.1) is 0 Å². The molecule has 0 aliphatic heterocycles. The Labute approximate surface area is 208 Å². The lowest BCUT2D eigenvalue weighted by atomic mass is 10.0. The average molecular weight is 512 g/mol. The van der Waals surface area contributed by atoms with Crippen LogP contribution in [0.15, 0.2) is 72.8 Å². The van der Waals surface area contributed by atoms with Crippen LogP contribution in [0, 0.1) is 6.07 Å². The van der Waals surface area contributed by atoms with Crippen LogP contribution in [0.1, 0.15) is 21.5 Å². The Morgan fingerprint density at radius 1 is 0.943 bits per heavy atom. The van der Waals surface area contributed by atoms with Crippen LogP contribution in [0.25, 0.3) is 32.9 Å². The Balaban J connectivity index is 1.75. The molecular weight excluding hydrogens is 496 g/mol. The van der Waals surface area contributed by atoms with E-state index < -0.39 is 17.6 Å². The van der Waals surface area contributed by atoms with E-state index in [9.17, 15) is 18.0 Å². The first-order valence-electron chi connectivity index (χ1n) is 10.5. The molecule has 0 aliphatic carbocycles. The molecule has 35 heavy (non-hydrogen) atoms. The molecule has 0 unspecified atom stereocenters. The lowest BCUT2D eigenvalue weighted by Gasteiger charge is -2.12. The third-order valence-corrected chi connectivity index (χ3v) is 6.56. The van der Waals surface area contributed by atoms with Gasteiger partial charge in [0, 0.05) is 38.5 Å². The second-order valence-corrected chi connectivity index (χ2v) is 8.90. The number of primary amides is 1. The van der Waals surface area contributed by atoms with Gasteiger partial charge >= 0.3 is 6.18 Å². The van der Waals surface area contributed by atoms with E-state index in [2.05, 4.69) is 6.07 Å². The maximum Gasteiger partial charge on any atom is 0.416 e. The van der Waals surface area contributed by atoms with Crippen LogP contribution in [0.3, 0.4) is 0 Å². The zero-order valence-corrected chi connectivity index (χ0v) is 19.5. The lowest BCUT2D eigenvalue weighted by Crippen LogP contribution is -2.11. The topological polar surface area (TPSA) is 48.0 Å². The maximum absolute atomic E-state index is 13.0. The minimum Gasteiger partial charge on any atom is -0.366 e. The summed E-state index contributed by atoms with van der Waals surface area (Å²) in [4.78, 5) is 12.2. The SMILES string of the molecule is NC(=O)c1cccc2c1c1[c]cc(-c3c(Cl)cccc3Cl)cc1n2Cc1ccc(C(F)(F)F)cc1. The first-order chi connectivity index (χ1) is 16.6. The highest BCUT2D eigenvalue weighted by Gasteiger charge is 2.30. The van der Waals surface area contributed by atoms with Crippen LogP contribution in [0.5, 0.6) is 0 Å². The molecule has 0 saturated heterocycles. The van der Waals surface area contributed by atoms with Crippen molar-refractivity contribution in [3.8, 4) is 11.1 Å². The van der Waals surface area contributed by atoms with Gasteiger partial charge in [0.15, 0.2) is 0 Å². The van der Waals surface area contributed by atoms with Crippen molar-refractivity contribution in [2.24, 2.45) is 5.73 Å².